The number of nitrogens with zero attached hydrogens (tertiary/aromatic N) is 2. The molecule has 3 aromatic heterocycles. The number of benzene rings is 7. The number of aromatic nitrogens is 2. The number of hydrogen-bond acceptors (Lipinski definition) is 4. The Morgan fingerprint density at radius 2 is 1.06 bits per heavy atom. The van der Waals surface area contributed by atoms with Gasteiger partial charge in [0.15, 0.2) is 5.82 Å². The van der Waals surface area contributed by atoms with E-state index in [4.69, 9.17) is 14.4 Å². The van der Waals surface area contributed by atoms with E-state index in [9.17, 15) is 0 Å². The van der Waals surface area contributed by atoms with Gasteiger partial charge < -0.3 is 4.42 Å². The van der Waals surface area contributed by atoms with Gasteiger partial charge in [-0.2, -0.15) is 0 Å². The molecule has 0 N–H and O–H groups in total. The van der Waals surface area contributed by atoms with E-state index in [1.165, 1.54) is 4.70 Å². The Labute approximate surface area is 292 Å². The molecule has 3 nitrogen and oxygen atoms in total. The lowest BCUT2D eigenvalue weighted by Crippen LogP contribution is -1.98. The molecule has 0 saturated carbocycles. The van der Waals surface area contributed by atoms with Gasteiger partial charge in [-0.25, -0.2) is 9.97 Å². The molecule has 0 aliphatic carbocycles. The highest BCUT2D eigenvalue weighted by molar-refractivity contribution is 7.26. The minimum absolute atomic E-state index is 0.689. The van der Waals surface area contributed by atoms with Crippen molar-refractivity contribution in [3.05, 3.63) is 170 Å². The molecule has 0 fully saturated rings. The Bertz CT molecular complexity index is 2860. The quantitative estimate of drug-likeness (QED) is 0.185. The van der Waals surface area contributed by atoms with E-state index >= 15 is 0 Å². The van der Waals surface area contributed by atoms with E-state index in [2.05, 4.69) is 158 Å². The third kappa shape index (κ3) is 4.65. The number of fused-ring (bicyclic) bond motifs is 6. The van der Waals surface area contributed by atoms with Crippen molar-refractivity contribution in [2.75, 3.05) is 0 Å². The van der Waals surface area contributed by atoms with E-state index < -0.39 is 0 Å². The van der Waals surface area contributed by atoms with Crippen LogP contribution in [0.4, 0.5) is 0 Å². The first-order valence-electron chi connectivity index (χ1n) is 16.7. The summed E-state index contributed by atoms with van der Waals surface area (Å²) in [5, 5.41) is 3.34. The number of hydrogen-bond donors (Lipinski definition) is 0. The zero-order valence-corrected chi connectivity index (χ0v) is 27.7. The lowest BCUT2D eigenvalue weighted by Gasteiger charge is -2.19. The molecule has 234 valence electrons. The van der Waals surface area contributed by atoms with Crippen molar-refractivity contribution in [1.29, 1.82) is 0 Å². The maximum atomic E-state index is 6.66. The summed E-state index contributed by atoms with van der Waals surface area (Å²) in [6.07, 6.45) is 0. The van der Waals surface area contributed by atoms with Crippen LogP contribution in [0.15, 0.2) is 174 Å². The summed E-state index contributed by atoms with van der Waals surface area (Å²) in [5.41, 5.74) is 12.2. The molecule has 0 unspecified atom stereocenters. The molecule has 0 aliphatic rings. The summed E-state index contributed by atoms with van der Waals surface area (Å²) in [6.45, 7) is 0. The van der Waals surface area contributed by atoms with Crippen LogP contribution in [0.2, 0.25) is 0 Å². The zero-order chi connectivity index (χ0) is 33.0. The second kappa shape index (κ2) is 11.7. The van der Waals surface area contributed by atoms with Gasteiger partial charge in [-0.3, -0.25) is 0 Å². The van der Waals surface area contributed by atoms with Crippen molar-refractivity contribution in [3.8, 4) is 56.0 Å². The van der Waals surface area contributed by atoms with Gasteiger partial charge in [-0.05, 0) is 46.5 Å². The van der Waals surface area contributed by atoms with Crippen LogP contribution in [0.25, 0.3) is 98.3 Å². The Balaban J connectivity index is 1.36. The topological polar surface area (TPSA) is 38.9 Å². The van der Waals surface area contributed by atoms with Gasteiger partial charge >= 0.3 is 0 Å². The Kier molecular flexibility index (Phi) is 6.68. The van der Waals surface area contributed by atoms with Crippen molar-refractivity contribution in [2.45, 2.75) is 0 Å². The monoisotopic (exact) mass is 656 g/mol. The molecule has 50 heavy (non-hydrogen) atoms. The average Bonchev–Trinajstić information content (AvgIpc) is 3.77. The fourth-order valence-electron chi connectivity index (χ4n) is 7.21. The van der Waals surface area contributed by atoms with Gasteiger partial charge in [-0.15, -0.1) is 11.3 Å². The zero-order valence-electron chi connectivity index (χ0n) is 26.9. The first-order valence-corrected chi connectivity index (χ1v) is 17.6. The van der Waals surface area contributed by atoms with Gasteiger partial charge in [0.25, 0.3) is 0 Å². The molecule has 0 aliphatic heterocycles. The minimum atomic E-state index is 0.689. The maximum Gasteiger partial charge on any atom is 0.161 e. The van der Waals surface area contributed by atoms with Crippen molar-refractivity contribution in [1.82, 2.24) is 9.97 Å². The molecule has 0 saturated heterocycles. The molecule has 0 radical (unpaired) electrons. The summed E-state index contributed by atoms with van der Waals surface area (Å²) in [4.78, 5) is 10.9. The smallest absolute Gasteiger partial charge is 0.161 e. The van der Waals surface area contributed by atoms with Crippen LogP contribution in [-0.2, 0) is 0 Å². The van der Waals surface area contributed by atoms with Crippen molar-refractivity contribution >= 4 is 53.6 Å². The van der Waals surface area contributed by atoms with Gasteiger partial charge in [-0.1, -0.05) is 146 Å². The van der Waals surface area contributed by atoms with E-state index in [1.54, 1.807) is 11.3 Å². The highest BCUT2D eigenvalue weighted by Crippen LogP contribution is 2.47. The van der Waals surface area contributed by atoms with Crippen molar-refractivity contribution in [3.63, 3.8) is 0 Å². The molecule has 0 bridgehead atoms. The predicted molar refractivity (Wildman–Crippen MR) is 209 cm³/mol. The molecular formula is C46H28N2OS. The fourth-order valence-corrected chi connectivity index (χ4v) is 8.36. The van der Waals surface area contributed by atoms with Crippen LogP contribution in [0, 0.1) is 0 Å². The number of furan rings is 1. The average molecular weight is 657 g/mol. The lowest BCUT2D eigenvalue weighted by atomic mass is 9.86. The first kappa shape index (κ1) is 28.6. The SMILES string of the molecule is c1ccc(-c2cc(-c3nc(-c4ccccc4)c4sc5ccccc5c4n3)c(-c3ccccc3)c(-c3cccc4c3oc3ccccc34)c2)cc1. The van der Waals surface area contributed by atoms with Gasteiger partial charge in [0.2, 0.25) is 0 Å². The van der Waals surface area contributed by atoms with E-state index in [0.29, 0.717) is 5.82 Å². The molecule has 7 aromatic carbocycles. The lowest BCUT2D eigenvalue weighted by molar-refractivity contribution is 0.670. The van der Waals surface area contributed by atoms with Gasteiger partial charge in [0.1, 0.15) is 11.2 Å². The molecule has 10 rings (SSSR count). The molecule has 0 atom stereocenters. The van der Waals surface area contributed by atoms with Crippen LogP contribution in [0.3, 0.4) is 0 Å². The van der Waals surface area contributed by atoms with Gasteiger partial charge in [0.05, 0.1) is 15.9 Å². The molecule has 10 aromatic rings. The normalized spacial score (nSPS) is 11.6. The van der Waals surface area contributed by atoms with Crippen LogP contribution in [0.5, 0.6) is 0 Å². The summed E-state index contributed by atoms with van der Waals surface area (Å²) >= 11 is 1.75. The van der Waals surface area contributed by atoms with E-state index in [1.807, 2.05) is 12.1 Å². The third-order valence-corrected chi connectivity index (χ3v) is 10.7. The second-order valence-corrected chi connectivity index (χ2v) is 13.5. The number of thiophene rings is 1. The molecule has 0 amide bonds. The van der Waals surface area contributed by atoms with Crippen molar-refractivity contribution in [2.24, 2.45) is 0 Å². The highest BCUT2D eigenvalue weighted by atomic mass is 32.1. The fraction of sp³-hybridized carbons (Fsp3) is 0. The Morgan fingerprint density at radius 1 is 0.440 bits per heavy atom. The maximum absolute atomic E-state index is 6.66. The number of rotatable bonds is 5. The molecule has 3 heterocycles. The summed E-state index contributed by atoms with van der Waals surface area (Å²) in [5.74, 6) is 0.689. The van der Waals surface area contributed by atoms with Crippen LogP contribution >= 0.6 is 11.3 Å². The Hall–Kier alpha value is -6.36. The summed E-state index contributed by atoms with van der Waals surface area (Å²) < 4.78 is 8.95. The largest absolute Gasteiger partial charge is 0.455 e. The molecule has 0 spiro atoms. The highest BCUT2D eigenvalue weighted by Gasteiger charge is 2.24. The summed E-state index contributed by atoms with van der Waals surface area (Å²) in [7, 11) is 0. The third-order valence-electron chi connectivity index (χ3n) is 9.51. The standard InChI is InChI=1S/C46H28N2OS/c1-4-15-29(16-5-1)32-27-37(35-24-14-23-34-33-21-10-12-25-39(33)49-44(34)35)41(30-17-6-2-7-18-30)38(28-32)46-47-42(31-19-8-3-9-20-31)45-43(48-46)36-22-11-13-26-40(36)50-45/h1-28H. The van der Waals surface area contributed by atoms with Gasteiger partial charge in [0, 0.05) is 43.1 Å². The van der Waals surface area contributed by atoms with E-state index in [-0.39, 0.29) is 0 Å². The van der Waals surface area contributed by atoms with Crippen LogP contribution < -0.4 is 0 Å². The van der Waals surface area contributed by atoms with Crippen molar-refractivity contribution < 1.29 is 4.42 Å². The number of para-hydroxylation sites is 2. The predicted octanol–water partition coefficient (Wildman–Crippen LogP) is 13.1. The van der Waals surface area contributed by atoms with Crippen LogP contribution in [-0.4, -0.2) is 9.97 Å². The molecule has 4 heteroatoms. The first-order chi connectivity index (χ1) is 24.8. The molecular weight excluding hydrogens is 629 g/mol. The van der Waals surface area contributed by atoms with Crippen LogP contribution in [0.1, 0.15) is 0 Å². The summed E-state index contributed by atoms with van der Waals surface area (Å²) in [6, 6.07) is 59.5. The minimum Gasteiger partial charge on any atom is -0.455 e. The Morgan fingerprint density at radius 3 is 1.84 bits per heavy atom. The second-order valence-electron chi connectivity index (χ2n) is 12.5. The van der Waals surface area contributed by atoms with E-state index in [0.717, 1.165) is 87.7 Å².